The van der Waals surface area contributed by atoms with E-state index in [1.165, 1.54) is 12.5 Å². The van der Waals surface area contributed by atoms with E-state index in [1.54, 1.807) is 24.7 Å². The first-order chi connectivity index (χ1) is 17.6. The first kappa shape index (κ1) is 25.2. The number of benzene rings is 1. The number of halogens is 2. The second-order valence-electron chi connectivity index (χ2n) is 7.77. The highest BCUT2D eigenvalue weighted by Gasteiger charge is 2.11. The Morgan fingerprint density at radius 3 is 2.67 bits per heavy atom. The summed E-state index contributed by atoms with van der Waals surface area (Å²) in [5, 5.41) is 7.76. The van der Waals surface area contributed by atoms with E-state index >= 15 is 0 Å². The van der Waals surface area contributed by atoms with Gasteiger partial charge < -0.3 is 15.8 Å². The van der Waals surface area contributed by atoms with Crippen molar-refractivity contribution in [2.24, 2.45) is 15.8 Å². The zero-order valence-electron chi connectivity index (χ0n) is 19.3. The van der Waals surface area contributed by atoms with Gasteiger partial charge in [0.05, 0.1) is 60.5 Å². The highest BCUT2D eigenvalue weighted by Crippen LogP contribution is 2.30. The molecule has 36 heavy (non-hydrogen) atoms. The fraction of sp³-hybridized carbons (Fsp3) is 0.208. The van der Waals surface area contributed by atoms with E-state index in [-0.39, 0.29) is 18.3 Å². The van der Waals surface area contributed by atoms with Crippen LogP contribution in [0.2, 0.25) is 5.02 Å². The lowest BCUT2D eigenvalue weighted by molar-refractivity contribution is 0.0400. The Hall–Kier alpha value is -3.93. The van der Waals surface area contributed by atoms with Crippen LogP contribution in [0.5, 0.6) is 0 Å². The lowest BCUT2D eigenvalue weighted by Gasteiger charge is -2.25. The quantitative estimate of drug-likeness (QED) is 0.240. The topological polar surface area (TPSA) is 126 Å². The second-order valence-corrected chi connectivity index (χ2v) is 8.17. The SMILES string of the molecule is NC(=N/C=C(/F)CN1CCOCC1)N/N=C/c1ccc(Nc2ccc(-c3cncnc3)cc2Cl)cn1. The van der Waals surface area contributed by atoms with Gasteiger partial charge in [0.15, 0.2) is 0 Å². The Bertz CT molecular complexity index is 1230. The molecule has 1 aromatic carbocycles. The summed E-state index contributed by atoms with van der Waals surface area (Å²) in [5.41, 5.74) is 12.1. The Morgan fingerprint density at radius 2 is 1.94 bits per heavy atom. The predicted octanol–water partition coefficient (Wildman–Crippen LogP) is 3.32. The van der Waals surface area contributed by atoms with Gasteiger partial charge in [-0.25, -0.2) is 24.8 Å². The zero-order valence-corrected chi connectivity index (χ0v) is 20.1. The fourth-order valence-corrected chi connectivity index (χ4v) is 3.53. The molecule has 0 bridgehead atoms. The minimum absolute atomic E-state index is 0.0400. The van der Waals surface area contributed by atoms with Crippen molar-refractivity contribution in [2.75, 3.05) is 38.2 Å². The lowest BCUT2D eigenvalue weighted by atomic mass is 10.1. The number of rotatable bonds is 8. The van der Waals surface area contributed by atoms with Crippen LogP contribution >= 0.6 is 11.6 Å². The minimum Gasteiger partial charge on any atom is -0.379 e. The minimum atomic E-state index is -0.390. The summed E-state index contributed by atoms with van der Waals surface area (Å²) in [5.74, 6) is -0.430. The van der Waals surface area contributed by atoms with Crippen molar-refractivity contribution in [1.82, 2.24) is 25.3 Å². The van der Waals surface area contributed by atoms with E-state index in [1.807, 2.05) is 29.2 Å². The third kappa shape index (κ3) is 7.54. The first-order valence-corrected chi connectivity index (χ1v) is 11.5. The van der Waals surface area contributed by atoms with Gasteiger partial charge in [0, 0.05) is 31.0 Å². The smallest absolute Gasteiger partial charge is 0.214 e. The maximum atomic E-state index is 14.0. The number of nitrogens with one attached hydrogen (secondary N) is 2. The van der Waals surface area contributed by atoms with Gasteiger partial charge in [-0.15, -0.1) is 0 Å². The van der Waals surface area contributed by atoms with Gasteiger partial charge in [0.2, 0.25) is 5.96 Å². The summed E-state index contributed by atoms with van der Waals surface area (Å²) in [6.07, 6.45) is 9.14. The average molecular weight is 510 g/mol. The summed E-state index contributed by atoms with van der Waals surface area (Å²) in [4.78, 5) is 18.2. The van der Waals surface area contributed by atoms with Crippen LogP contribution in [0.25, 0.3) is 11.1 Å². The van der Waals surface area contributed by atoms with E-state index in [2.05, 4.69) is 35.8 Å². The van der Waals surface area contributed by atoms with E-state index in [0.717, 1.165) is 28.7 Å². The molecule has 0 unspecified atom stereocenters. The van der Waals surface area contributed by atoms with Crippen LogP contribution in [0.15, 0.2) is 77.4 Å². The summed E-state index contributed by atoms with van der Waals surface area (Å²) < 4.78 is 19.2. The molecule has 186 valence electrons. The number of nitrogens with two attached hydrogens (primary N) is 1. The molecule has 1 saturated heterocycles. The number of pyridine rings is 1. The summed E-state index contributed by atoms with van der Waals surface area (Å²) in [7, 11) is 0. The molecule has 1 aliphatic heterocycles. The molecule has 4 N–H and O–H groups in total. The number of guanidine groups is 1. The number of hydrazone groups is 1. The maximum absolute atomic E-state index is 14.0. The molecule has 3 aromatic rings. The monoisotopic (exact) mass is 509 g/mol. The molecule has 0 spiro atoms. The molecule has 0 radical (unpaired) electrons. The normalized spacial score (nSPS) is 15.3. The second kappa shape index (κ2) is 12.7. The molecule has 0 aliphatic carbocycles. The van der Waals surface area contributed by atoms with Crippen LogP contribution in [0, 0.1) is 0 Å². The standard InChI is InChI=1S/C24H25ClFN9O/c25-22-9-17(18-10-28-16-29-11-18)1-4-23(22)33-21-3-2-20(30-13-21)14-32-34-24(27)31-12-19(26)15-35-5-7-36-8-6-35/h1-4,9-14,16,33H,5-8,15H2,(H3,27,31,34)/b19-12+,32-14+. The first-order valence-electron chi connectivity index (χ1n) is 11.1. The Morgan fingerprint density at radius 1 is 1.14 bits per heavy atom. The van der Waals surface area contributed by atoms with Crippen molar-refractivity contribution >= 4 is 35.1 Å². The van der Waals surface area contributed by atoms with Gasteiger partial charge in [-0.05, 0) is 29.8 Å². The molecule has 1 fully saturated rings. The van der Waals surface area contributed by atoms with Crippen molar-refractivity contribution in [3.8, 4) is 11.1 Å². The number of aromatic nitrogens is 3. The summed E-state index contributed by atoms with van der Waals surface area (Å²) in [6.45, 7) is 2.75. The van der Waals surface area contributed by atoms with Crippen LogP contribution in [0.4, 0.5) is 15.8 Å². The van der Waals surface area contributed by atoms with Crippen LogP contribution in [0.3, 0.4) is 0 Å². The summed E-state index contributed by atoms with van der Waals surface area (Å²) in [6, 6.07) is 9.27. The Kier molecular flexibility index (Phi) is 8.87. The zero-order chi connectivity index (χ0) is 25.2. The van der Waals surface area contributed by atoms with Crippen LogP contribution in [0.1, 0.15) is 5.69 Å². The molecule has 0 atom stereocenters. The molecular formula is C24H25ClFN9O. The van der Waals surface area contributed by atoms with Crippen molar-refractivity contribution in [3.05, 3.63) is 78.0 Å². The Labute approximate surface area is 212 Å². The third-order valence-electron chi connectivity index (χ3n) is 5.13. The van der Waals surface area contributed by atoms with E-state index in [9.17, 15) is 4.39 Å². The molecule has 12 heteroatoms. The third-order valence-corrected chi connectivity index (χ3v) is 5.44. The van der Waals surface area contributed by atoms with Crippen LogP contribution in [-0.2, 0) is 4.74 Å². The average Bonchev–Trinajstić information content (AvgIpc) is 2.91. The molecule has 0 amide bonds. The molecule has 3 heterocycles. The van der Waals surface area contributed by atoms with Gasteiger partial charge in [-0.2, -0.15) is 5.10 Å². The lowest BCUT2D eigenvalue weighted by Crippen LogP contribution is -2.37. The van der Waals surface area contributed by atoms with Gasteiger partial charge >= 0.3 is 0 Å². The number of ether oxygens (including phenoxy) is 1. The highest BCUT2D eigenvalue weighted by atomic mass is 35.5. The van der Waals surface area contributed by atoms with E-state index in [0.29, 0.717) is 37.0 Å². The van der Waals surface area contributed by atoms with Crippen molar-refractivity contribution in [2.45, 2.75) is 0 Å². The van der Waals surface area contributed by atoms with Crippen molar-refractivity contribution in [1.29, 1.82) is 0 Å². The maximum Gasteiger partial charge on any atom is 0.214 e. The fourth-order valence-electron chi connectivity index (χ4n) is 3.30. The molecule has 1 aliphatic rings. The molecule has 2 aromatic heterocycles. The van der Waals surface area contributed by atoms with Crippen molar-refractivity contribution in [3.63, 3.8) is 0 Å². The van der Waals surface area contributed by atoms with Crippen LogP contribution < -0.4 is 16.5 Å². The van der Waals surface area contributed by atoms with Gasteiger partial charge in [0.1, 0.15) is 12.2 Å². The van der Waals surface area contributed by atoms with E-state index in [4.69, 9.17) is 22.1 Å². The van der Waals surface area contributed by atoms with Crippen LogP contribution in [-0.4, -0.2) is 64.9 Å². The predicted molar refractivity (Wildman–Crippen MR) is 139 cm³/mol. The van der Waals surface area contributed by atoms with Gasteiger partial charge in [-0.1, -0.05) is 17.7 Å². The van der Waals surface area contributed by atoms with E-state index < -0.39 is 0 Å². The molecule has 10 nitrogen and oxygen atoms in total. The number of aliphatic imine (C=N–C) groups is 1. The Balaban J connectivity index is 1.28. The number of anilines is 2. The summed E-state index contributed by atoms with van der Waals surface area (Å²) >= 11 is 6.44. The molecular weight excluding hydrogens is 485 g/mol. The number of hydrogen-bond acceptors (Lipinski definition) is 8. The number of hydrogen-bond donors (Lipinski definition) is 3. The largest absolute Gasteiger partial charge is 0.379 e. The number of nitrogens with zero attached hydrogens (tertiary/aromatic N) is 6. The van der Waals surface area contributed by atoms with Crippen molar-refractivity contribution < 1.29 is 9.13 Å². The van der Waals surface area contributed by atoms with Gasteiger partial charge in [0.25, 0.3) is 0 Å². The molecule has 0 saturated carbocycles. The highest BCUT2D eigenvalue weighted by molar-refractivity contribution is 6.33. The number of morpholine rings is 1. The van der Waals surface area contributed by atoms with Gasteiger partial charge in [-0.3, -0.25) is 9.88 Å². The molecule has 4 rings (SSSR count).